The number of hydrogen-bond acceptors (Lipinski definition) is 6. The van der Waals surface area contributed by atoms with Crippen molar-refractivity contribution in [3.63, 3.8) is 0 Å². The Kier molecular flexibility index (Phi) is 6.61. The van der Waals surface area contributed by atoms with Crippen LogP contribution in [0.1, 0.15) is 18.9 Å². The molecular weight excluding hydrogens is 410 g/mol. The molecule has 1 heterocycles. The summed E-state index contributed by atoms with van der Waals surface area (Å²) >= 11 is 1.15. The summed E-state index contributed by atoms with van der Waals surface area (Å²) in [4.78, 5) is 16.6. The van der Waals surface area contributed by atoms with Crippen molar-refractivity contribution >= 4 is 44.5 Å². The van der Waals surface area contributed by atoms with Gasteiger partial charge in [0, 0.05) is 19.8 Å². The highest BCUT2D eigenvalue weighted by Gasteiger charge is 2.19. The maximum absolute atomic E-state index is 12.2. The first-order chi connectivity index (χ1) is 13.8. The number of rotatable bonds is 8. The first-order valence-corrected chi connectivity index (χ1v) is 11.6. The zero-order valence-electron chi connectivity index (χ0n) is 16.5. The molecule has 0 fully saturated rings. The SMILES string of the molecule is CCCc1ccc(NC(=O)CSc2nc3cc(S(=O)(=O)N(C)C)ccc3o2)cc1. The number of carbonyl (C=O) groups is 1. The number of carbonyl (C=O) groups excluding carboxylic acids is 1. The Morgan fingerprint density at radius 2 is 1.90 bits per heavy atom. The van der Waals surface area contributed by atoms with E-state index in [9.17, 15) is 13.2 Å². The molecule has 1 N–H and O–H groups in total. The molecule has 3 rings (SSSR count). The molecule has 1 aromatic heterocycles. The standard InChI is InChI=1S/C20H23N3O4S2/c1-4-5-14-6-8-15(9-7-14)21-19(24)13-28-20-22-17-12-16(10-11-18(17)27-20)29(25,26)23(2)3/h6-12H,4-5,13H2,1-3H3,(H,21,24). The van der Waals surface area contributed by atoms with E-state index in [4.69, 9.17) is 4.42 Å². The van der Waals surface area contributed by atoms with E-state index in [1.165, 1.54) is 31.8 Å². The molecular formula is C20H23N3O4S2. The van der Waals surface area contributed by atoms with E-state index >= 15 is 0 Å². The van der Waals surface area contributed by atoms with Crippen LogP contribution in [0.2, 0.25) is 0 Å². The predicted octanol–water partition coefficient (Wildman–Crippen LogP) is 3.76. The van der Waals surface area contributed by atoms with Gasteiger partial charge in [0.15, 0.2) is 5.58 Å². The smallest absolute Gasteiger partial charge is 0.257 e. The van der Waals surface area contributed by atoms with Crippen molar-refractivity contribution in [1.82, 2.24) is 9.29 Å². The molecule has 0 aliphatic carbocycles. The predicted molar refractivity (Wildman–Crippen MR) is 115 cm³/mol. The van der Waals surface area contributed by atoms with Gasteiger partial charge in [-0.3, -0.25) is 4.79 Å². The minimum absolute atomic E-state index is 0.131. The van der Waals surface area contributed by atoms with Crippen LogP contribution in [0.25, 0.3) is 11.1 Å². The molecule has 7 nitrogen and oxygen atoms in total. The zero-order valence-corrected chi connectivity index (χ0v) is 18.1. The van der Waals surface area contributed by atoms with Crippen LogP contribution >= 0.6 is 11.8 Å². The lowest BCUT2D eigenvalue weighted by atomic mass is 10.1. The lowest BCUT2D eigenvalue weighted by Crippen LogP contribution is -2.22. The molecule has 154 valence electrons. The number of sulfonamides is 1. The molecule has 0 aliphatic heterocycles. The molecule has 0 aliphatic rings. The van der Waals surface area contributed by atoms with E-state index in [0.717, 1.165) is 34.6 Å². The fourth-order valence-corrected chi connectivity index (χ4v) is 4.25. The van der Waals surface area contributed by atoms with Crippen molar-refractivity contribution in [3.05, 3.63) is 48.0 Å². The van der Waals surface area contributed by atoms with Crippen molar-refractivity contribution in [3.8, 4) is 0 Å². The Morgan fingerprint density at radius 1 is 1.17 bits per heavy atom. The molecule has 2 aromatic carbocycles. The maximum Gasteiger partial charge on any atom is 0.257 e. The van der Waals surface area contributed by atoms with E-state index in [-0.39, 0.29) is 16.6 Å². The summed E-state index contributed by atoms with van der Waals surface area (Å²) in [6, 6.07) is 12.3. The van der Waals surface area contributed by atoms with Crippen LogP contribution in [-0.2, 0) is 21.2 Å². The average Bonchev–Trinajstić information content (AvgIpc) is 3.10. The monoisotopic (exact) mass is 433 g/mol. The van der Waals surface area contributed by atoms with Crippen LogP contribution in [0.15, 0.2) is 57.0 Å². The maximum atomic E-state index is 12.2. The lowest BCUT2D eigenvalue weighted by Gasteiger charge is -2.10. The van der Waals surface area contributed by atoms with E-state index < -0.39 is 10.0 Å². The van der Waals surface area contributed by atoms with Gasteiger partial charge in [0.2, 0.25) is 15.9 Å². The van der Waals surface area contributed by atoms with Gasteiger partial charge < -0.3 is 9.73 Å². The normalized spacial score (nSPS) is 11.9. The summed E-state index contributed by atoms with van der Waals surface area (Å²) in [5.41, 5.74) is 2.88. The first kappa shape index (κ1) is 21.4. The van der Waals surface area contributed by atoms with Crippen molar-refractivity contribution < 1.29 is 17.6 Å². The largest absolute Gasteiger partial charge is 0.431 e. The fourth-order valence-electron chi connectivity index (χ4n) is 2.69. The van der Waals surface area contributed by atoms with Gasteiger partial charge in [-0.2, -0.15) is 0 Å². The Bertz CT molecular complexity index is 1110. The summed E-state index contributed by atoms with van der Waals surface area (Å²) in [5.74, 6) is -0.0387. The minimum Gasteiger partial charge on any atom is -0.431 e. The Morgan fingerprint density at radius 3 is 2.55 bits per heavy atom. The van der Waals surface area contributed by atoms with Crippen molar-refractivity contribution in [1.29, 1.82) is 0 Å². The van der Waals surface area contributed by atoms with E-state index in [2.05, 4.69) is 17.2 Å². The van der Waals surface area contributed by atoms with Gasteiger partial charge in [0.1, 0.15) is 5.52 Å². The number of thioether (sulfide) groups is 1. The van der Waals surface area contributed by atoms with Gasteiger partial charge in [0.25, 0.3) is 5.22 Å². The average molecular weight is 434 g/mol. The van der Waals surface area contributed by atoms with E-state index in [0.29, 0.717) is 16.3 Å². The third kappa shape index (κ3) is 5.17. The number of fused-ring (bicyclic) bond motifs is 1. The van der Waals surface area contributed by atoms with Crippen molar-refractivity contribution in [2.24, 2.45) is 0 Å². The molecule has 9 heteroatoms. The number of benzene rings is 2. The second-order valence-corrected chi connectivity index (χ2v) is 9.76. The molecule has 0 radical (unpaired) electrons. The van der Waals surface area contributed by atoms with Gasteiger partial charge in [0.05, 0.1) is 10.6 Å². The summed E-state index contributed by atoms with van der Waals surface area (Å²) < 4.78 is 31.2. The molecule has 1 amide bonds. The van der Waals surface area contributed by atoms with Crippen molar-refractivity contribution in [2.45, 2.75) is 29.9 Å². The van der Waals surface area contributed by atoms with Gasteiger partial charge in [-0.15, -0.1) is 0 Å². The topological polar surface area (TPSA) is 92.5 Å². The minimum atomic E-state index is -3.55. The van der Waals surface area contributed by atoms with E-state index in [1.807, 2.05) is 24.3 Å². The second-order valence-electron chi connectivity index (χ2n) is 6.68. The van der Waals surface area contributed by atoms with Gasteiger partial charge in [-0.1, -0.05) is 37.2 Å². The summed E-state index contributed by atoms with van der Waals surface area (Å²) in [6.07, 6.45) is 2.09. The number of amides is 1. The third-order valence-electron chi connectivity index (χ3n) is 4.22. The zero-order chi connectivity index (χ0) is 21.0. The van der Waals surface area contributed by atoms with Gasteiger partial charge >= 0.3 is 0 Å². The van der Waals surface area contributed by atoms with E-state index in [1.54, 1.807) is 6.07 Å². The van der Waals surface area contributed by atoms with Gasteiger partial charge in [-0.05, 0) is 42.3 Å². The van der Waals surface area contributed by atoms with Crippen LogP contribution in [-0.4, -0.2) is 43.5 Å². The molecule has 0 saturated carbocycles. The number of nitrogens with zero attached hydrogens (tertiary/aromatic N) is 2. The lowest BCUT2D eigenvalue weighted by molar-refractivity contribution is -0.113. The number of nitrogens with one attached hydrogen (secondary N) is 1. The highest BCUT2D eigenvalue weighted by Crippen LogP contribution is 2.26. The number of aryl methyl sites for hydroxylation is 1. The van der Waals surface area contributed by atoms with Crippen molar-refractivity contribution in [2.75, 3.05) is 25.2 Å². The van der Waals surface area contributed by atoms with Crippen LogP contribution in [0.5, 0.6) is 0 Å². The highest BCUT2D eigenvalue weighted by atomic mass is 32.2. The highest BCUT2D eigenvalue weighted by molar-refractivity contribution is 7.99. The molecule has 0 bridgehead atoms. The molecule has 0 spiro atoms. The molecule has 0 unspecified atom stereocenters. The Labute approximate surface area is 174 Å². The van der Waals surface area contributed by atoms with Crippen LogP contribution in [0.3, 0.4) is 0 Å². The molecule has 3 aromatic rings. The Balaban J connectivity index is 1.63. The number of oxazole rings is 1. The first-order valence-electron chi connectivity index (χ1n) is 9.14. The van der Waals surface area contributed by atoms with Crippen LogP contribution < -0.4 is 5.32 Å². The third-order valence-corrected chi connectivity index (χ3v) is 6.86. The summed E-state index contributed by atoms with van der Waals surface area (Å²) in [7, 11) is -0.602. The Hall–Kier alpha value is -2.36. The van der Waals surface area contributed by atoms with Crippen LogP contribution in [0, 0.1) is 0 Å². The number of aromatic nitrogens is 1. The quantitative estimate of drug-likeness (QED) is 0.544. The van der Waals surface area contributed by atoms with Crippen LogP contribution in [0.4, 0.5) is 5.69 Å². The van der Waals surface area contributed by atoms with Gasteiger partial charge in [-0.25, -0.2) is 17.7 Å². The molecule has 0 atom stereocenters. The molecule has 0 saturated heterocycles. The number of hydrogen-bond donors (Lipinski definition) is 1. The number of anilines is 1. The molecule has 29 heavy (non-hydrogen) atoms. The summed E-state index contributed by atoms with van der Waals surface area (Å²) in [6.45, 7) is 2.13. The fraction of sp³-hybridized carbons (Fsp3) is 0.300. The summed E-state index contributed by atoms with van der Waals surface area (Å²) in [5, 5.41) is 3.16. The second kappa shape index (κ2) is 8.98.